The Bertz CT molecular complexity index is 84.5. The van der Waals surface area contributed by atoms with E-state index >= 15 is 0 Å². The smallest absolute Gasteiger partial charge is 0.103 e. The Morgan fingerprint density at radius 3 is 2.62 bits per heavy atom. The van der Waals surface area contributed by atoms with Crippen LogP contribution in [0.3, 0.4) is 0 Å². The van der Waals surface area contributed by atoms with Crippen LogP contribution in [-0.2, 0) is 4.74 Å². The third kappa shape index (κ3) is 2.19. The molecule has 0 aromatic carbocycles. The van der Waals surface area contributed by atoms with Crippen LogP contribution in [0.2, 0.25) is 0 Å². The highest BCUT2D eigenvalue weighted by molar-refractivity contribution is 5.85. The summed E-state index contributed by atoms with van der Waals surface area (Å²) in [5.41, 5.74) is 5.46. The molecule has 0 aromatic rings. The minimum absolute atomic E-state index is 0. The van der Waals surface area contributed by atoms with Crippen molar-refractivity contribution in [2.75, 3.05) is 6.61 Å². The van der Waals surface area contributed by atoms with Crippen molar-refractivity contribution in [3.8, 4) is 0 Å². The van der Waals surface area contributed by atoms with Gasteiger partial charge in [0.2, 0.25) is 0 Å². The largest absolute Gasteiger partial charge is 0.500 e. The van der Waals surface area contributed by atoms with Crippen LogP contribution in [0.15, 0.2) is 12.3 Å². The molecule has 1 atom stereocenters. The predicted molar refractivity (Wildman–Crippen MR) is 34.9 cm³/mol. The molecule has 0 aromatic heterocycles. The van der Waals surface area contributed by atoms with Gasteiger partial charge in [-0.3, -0.25) is 0 Å². The van der Waals surface area contributed by atoms with E-state index in [9.17, 15) is 0 Å². The van der Waals surface area contributed by atoms with Crippen LogP contribution in [-0.4, -0.2) is 12.6 Å². The molecule has 2 N–H and O–H groups in total. The van der Waals surface area contributed by atoms with Crippen LogP contribution < -0.4 is 5.73 Å². The van der Waals surface area contributed by atoms with Gasteiger partial charge in [-0.2, -0.15) is 0 Å². The number of nitrogens with two attached hydrogens (primary N) is 1. The standard InChI is InChI=1S/C5H9NO.ClH/c6-5-2-1-3-7-4-5;/h1,3,5H,2,4,6H2;1H. The topological polar surface area (TPSA) is 35.2 Å². The van der Waals surface area contributed by atoms with Gasteiger partial charge in [0.25, 0.3) is 0 Å². The molecule has 1 aliphatic heterocycles. The van der Waals surface area contributed by atoms with E-state index in [1.165, 1.54) is 0 Å². The number of hydrogen-bond donors (Lipinski definition) is 1. The van der Waals surface area contributed by atoms with E-state index in [0.717, 1.165) is 6.42 Å². The lowest BCUT2D eigenvalue weighted by molar-refractivity contribution is 0.211. The van der Waals surface area contributed by atoms with Crippen LogP contribution in [0.1, 0.15) is 6.42 Å². The molecular formula is C5H10ClNO. The van der Waals surface area contributed by atoms with Crippen LogP contribution in [0.5, 0.6) is 0 Å². The van der Waals surface area contributed by atoms with Crippen molar-refractivity contribution >= 4 is 12.4 Å². The van der Waals surface area contributed by atoms with Gasteiger partial charge in [0, 0.05) is 6.04 Å². The highest BCUT2D eigenvalue weighted by atomic mass is 35.5. The first-order chi connectivity index (χ1) is 3.39. The quantitative estimate of drug-likeness (QED) is 0.530. The summed E-state index contributed by atoms with van der Waals surface area (Å²) in [4.78, 5) is 0. The number of ether oxygens (including phenoxy) is 1. The molecule has 0 amide bonds. The van der Waals surface area contributed by atoms with E-state index < -0.39 is 0 Å². The van der Waals surface area contributed by atoms with Crippen molar-refractivity contribution in [1.82, 2.24) is 0 Å². The van der Waals surface area contributed by atoms with Crippen molar-refractivity contribution in [1.29, 1.82) is 0 Å². The molecule has 1 rings (SSSR count). The first-order valence-electron chi connectivity index (χ1n) is 2.42. The zero-order valence-corrected chi connectivity index (χ0v) is 5.36. The lowest BCUT2D eigenvalue weighted by Gasteiger charge is -2.11. The number of hydrogen-bond acceptors (Lipinski definition) is 2. The van der Waals surface area contributed by atoms with Gasteiger partial charge in [-0.15, -0.1) is 12.4 Å². The maximum atomic E-state index is 5.46. The van der Waals surface area contributed by atoms with E-state index in [2.05, 4.69) is 0 Å². The Balaban J connectivity index is 0.000000490. The number of rotatable bonds is 0. The summed E-state index contributed by atoms with van der Waals surface area (Å²) < 4.78 is 4.88. The average molecular weight is 136 g/mol. The zero-order chi connectivity index (χ0) is 5.11. The molecule has 0 spiro atoms. The molecule has 8 heavy (non-hydrogen) atoms. The van der Waals surface area contributed by atoms with E-state index in [1.807, 2.05) is 6.08 Å². The third-order valence-corrected chi connectivity index (χ3v) is 0.942. The van der Waals surface area contributed by atoms with Gasteiger partial charge >= 0.3 is 0 Å². The van der Waals surface area contributed by atoms with Gasteiger partial charge in [0.15, 0.2) is 0 Å². The van der Waals surface area contributed by atoms with E-state index in [-0.39, 0.29) is 18.4 Å². The van der Waals surface area contributed by atoms with Gasteiger partial charge in [-0.25, -0.2) is 0 Å². The van der Waals surface area contributed by atoms with Gasteiger partial charge in [-0.05, 0) is 12.5 Å². The molecular weight excluding hydrogens is 126 g/mol. The van der Waals surface area contributed by atoms with Crippen molar-refractivity contribution in [3.63, 3.8) is 0 Å². The van der Waals surface area contributed by atoms with Crippen LogP contribution >= 0.6 is 12.4 Å². The molecule has 0 radical (unpaired) electrons. The normalized spacial score (nSPS) is 25.9. The van der Waals surface area contributed by atoms with Crippen LogP contribution in [0.25, 0.3) is 0 Å². The summed E-state index contributed by atoms with van der Waals surface area (Å²) in [7, 11) is 0. The Labute approximate surface area is 55.1 Å². The highest BCUT2D eigenvalue weighted by Crippen LogP contribution is 1.97. The average Bonchev–Trinajstić information content (AvgIpc) is 1.69. The van der Waals surface area contributed by atoms with E-state index in [0.29, 0.717) is 6.61 Å². The summed E-state index contributed by atoms with van der Waals surface area (Å²) in [5.74, 6) is 0. The fourth-order valence-corrected chi connectivity index (χ4v) is 0.546. The first-order valence-corrected chi connectivity index (χ1v) is 2.42. The SMILES string of the molecule is Cl.NC1CC=COC1. The fourth-order valence-electron chi connectivity index (χ4n) is 0.546. The molecule has 0 fully saturated rings. The summed E-state index contributed by atoms with van der Waals surface area (Å²) in [5, 5.41) is 0. The van der Waals surface area contributed by atoms with Crippen molar-refractivity contribution in [3.05, 3.63) is 12.3 Å². The zero-order valence-electron chi connectivity index (χ0n) is 4.54. The van der Waals surface area contributed by atoms with Gasteiger partial charge in [-0.1, -0.05) is 0 Å². The molecule has 1 heterocycles. The van der Waals surface area contributed by atoms with Gasteiger partial charge < -0.3 is 10.5 Å². The lowest BCUT2D eigenvalue weighted by Crippen LogP contribution is -2.26. The van der Waals surface area contributed by atoms with Crippen molar-refractivity contribution in [2.45, 2.75) is 12.5 Å². The second kappa shape index (κ2) is 3.75. The summed E-state index contributed by atoms with van der Waals surface area (Å²) in [6.07, 6.45) is 4.59. The van der Waals surface area contributed by atoms with Crippen molar-refractivity contribution < 1.29 is 4.74 Å². The molecule has 0 aliphatic carbocycles. The van der Waals surface area contributed by atoms with Gasteiger partial charge in [0.1, 0.15) is 6.61 Å². The molecule has 48 valence electrons. The minimum atomic E-state index is 0. The minimum Gasteiger partial charge on any atom is -0.500 e. The molecule has 0 saturated heterocycles. The van der Waals surface area contributed by atoms with Crippen LogP contribution in [0, 0.1) is 0 Å². The molecule has 0 bridgehead atoms. The molecule has 1 aliphatic rings. The second-order valence-corrected chi connectivity index (χ2v) is 1.70. The first kappa shape index (κ1) is 7.79. The monoisotopic (exact) mass is 135 g/mol. The van der Waals surface area contributed by atoms with Crippen LogP contribution in [0.4, 0.5) is 0 Å². The number of halogens is 1. The van der Waals surface area contributed by atoms with Gasteiger partial charge in [0.05, 0.1) is 6.26 Å². The predicted octanol–water partition coefficient (Wildman–Crippen LogP) is 0.670. The van der Waals surface area contributed by atoms with Crippen molar-refractivity contribution in [2.24, 2.45) is 5.73 Å². The highest BCUT2D eigenvalue weighted by Gasteiger charge is 2.01. The Morgan fingerprint density at radius 1 is 1.62 bits per heavy atom. The third-order valence-electron chi connectivity index (χ3n) is 0.942. The fraction of sp³-hybridized carbons (Fsp3) is 0.600. The lowest BCUT2D eigenvalue weighted by atomic mass is 10.2. The van der Waals surface area contributed by atoms with E-state index in [4.69, 9.17) is 10.5 Å². The molecule has 3 heteroatoms. The Kier molecular flexibility index (Phi) is 3.65. The van der Waals surface area contributed by atoms with E-state index in [1.54, 1.807) is 6.26 Å². The molecule has 1 unspecified atom stereocenters. The summed E-state index contributed by atoms with van der Waals surface area (Å²) in [6, 6.07) is 0.227. The summed E-state index contributed by atoms with van der Waals surface area (Å²) in [6.45, 7) is 0.677. The Morgan fingerprint density at radius 2 is 2.38 bits per heavy atom. The Hall–Kier alpha value is -0.210. The summed E-state index contributed by atoms with van der Waals surface area (Å²) >= 11 is 0. The second-order valence-electron chi connectivity index (χ2n) is 1.70. The maximum absolute atomic E-state index is 5.46. The maximum Gasteiger partial charge on any atom is 0.103 e. The molecule has 2 nitrogen and oxygen atoms in total. The molecule has 0 saturated carbocycles.